The number of aromatic carboxylic acids is 1. The van der Waals surface area contributed by atoms with Crippen LogP contribution >= 0.6 is 11.3 Å². The molecule has 1 N–H and O–H groups in total. The highest BCUT2D eigenvalue weighted by Crippen LogP contribution is 2.31. The van der Waals surface area contributed by atoms with E-state index >= 15 is 0 Å². The Hall–Kier alpha value is -3.98. The maximum Gasteiger partial charge on any atom is 0.338 e. The zero-order valence-corrected chi connectivity index (χ0v) is 20.5. The summed E-state index contributed by atoms with van der Waals surface area (Å²) in [6.45, 7) is 5.26. The number of aromatic nitrogens is 1. The number of thiazole rings is 1. The van der Waals surface area contributed by atoms with Crippen molar-refractivity contribution in [3.8, 4) is 5.75 Å². The highest BCUT2D eigenvalue weighted by atomic mass is 32.1. The lowest BCUT2D eigenvalue weighted by Gasteiger charge is -2.25. The number of ether oxygens (including phenoxy) is 2. The lowest BCUT2D eigenvalue weighted by Crippen LogP contribution is -2.40. The van der Waals surface area contributed by atoms with Crippen LogP contribution in [0.4, 0.5) is 0 Å². The largest absolute Gasteiger partial charge is 0.497 e. The third kappa shape index (κ3) is 4.81. The van der Waals surface area contributed by atoms with E-state index in [9.17, 15) is 14.4 Å². The molecule has 0 aliphatic carbocycles. The smallest absolute Gasteiger partial charge is 0.338 e. The number of carbonyl (C=O) groups excluding carboxylic acids is 1. The van der Waals surface area contributed by atoms with E-state index in [0.29, 0.717) is 37.5 Å². The first-order chi connectivity index (χ1) is 16.7. The molecule has 9 heteroatoms. The molecule has 1 aromatic heterocycles. The van der Waals surface area contributed by atoms with E-state index < -0.39 is 18.0 Å². The SMILES string of the molecule is COc1ccc([C@H]2C(C(=O)OC(C)C)=C(C)N=c3s/c(=C\c4ccc(C(=O)O)cc4)c(=O)n32)cc1. The Morgan fingerprint density at radius 2 is 1.77 bits per heavy atom. The summed E-state index contributed by atoms with van der Waals surface area (Å²) in [5, 5.41) is 9.12. The number of benzene rings is 2. The fourth-order valence-electron chi connectivity index (χ4n) is 3.84. The van der Waals surface area contributed by atoms with Gasteiger partial charge < -0.3 is 14.6 Å². The monoisotopic (exact) mass is 492 g/mol. The van der Waals surface area contributed by atoms with Gasteiger partial charge in [-0.2, -0.15) is 0 Å². The van der Waals surface area contributed by atoms with Crippen molar-refractivity contribution in [1.29, 1.82) is 0 Å². The Morgan fingerprint density at radius 3 is 2.34 bits per heavy atom. The molecule has 1 atom stereocenters. The third-order valence-electron chi connectivity index (χ3n) is 5.47. The number of hydrogen-bond donors (Lipinski definition) is 1. The fourth-order valence-corrected chi connectivity index (χ4v) is 4.88. The van der Waals surface area contributed by atoms with Gasteiger partial charge in [-0.15, -0.1) is 0 Å². The summed E-state index contributed by atoms with van der Waals surface area (Å²) in [6, 6.07) is 12.7. The molecule has 180 valence electrons. The van der Waals surface area contributed by atoms with Gasteiger partial charge in [-0.3, -0.25) is 9.36 Å². The lowest BCUT2D eigenvalue weighted by atomic mass is 9.96. The molecule has 0 saturated heterocycles. The summed E-state index contributed by atoms with van der Waals surface area (Å²) in [4.78, 5) is 42.8. The molecule has 0 amide bonds. The van der Waals surface area contributed by atoms with Crippen LogP contribution in [0.15, 0.2) is 69.6 Å². The van der Waals surface area contributed by atoms with Gasteiger partial charge in [-0.05, 0) is 62.2 Å². The topological polar surface area (TPSA) is 107 Å². The molecule has 0 fully saturated rings. The van der Waals surface area contributed by atoms with E-state index in [2.05, 4.69) is 4.99 Å². The van der Waals surface area contributed by atoms with Crippen LogP contribution in [0.2, 0.25) is 0 Å². The summed E-state index contributed by atoms with van der Waals surface area (Å²) < 4.78 is 12.7. The predicted octanol–water partition coefficient (Wildman–Crippen LogP) is 2.89. The van der Waals surface area contributed by atoms with Crippen LogP contribution in [0.25, 0.3) is 6.08 Å². The summed E-state index contributed by atoms with van der Waals surface area (Å²) in [7, 11) is 1.57. The summed E-state index contributed by atoms with van der Waals surface area (Å²) in [5.41, 5.74) is 2.03. The number of fused-ring (bicyclic) bond motifs is 1. The zero-order valence-electron chi connectivity index (χ0n) is 19.6. The minimum atomic E-state index is -1.02. The molecule has 0 radical (unpaired) electrons. The molecule has 0 bridgehead atoms. The highest BCUT2D eigenvalue weighted by molar-refractivity contribution is 7.07. The van der Waals surface area contributed by atoms with Crippen molar-refractivity contribution in [1.82, 2.24) is 4.57 Å². The van der Waals surface area contributed by atoms with Gasteiger partial charge in [0.2, 0.25) is 0 Å². The van der Waals surface area contributed by atoms with Crippen molar-refractivity contribution >= 4 is 29.4 Å². The minimum absolute atomic E-state index is 0.159. The summed E-state index contributed by atoms with van der Waals surface area (Å²) >= 11 is 1.21. The van der Waals surface area contributed by atoms with Crippen LogP contribution in [-0.2, 0) is 9.53 Å². The molecule has 1 aliphatic heterocycles. The second-order valence-corrected chi connectivity index (χ2v) is 9.25. The molecule has 0 saturated carbocycles. The number of carboxylic acids is 1. The number of esters is 1. The van der Waals surface area contributed by atoms with Gasteiger partial charge in [0.1, 0.15) is 5.75 Å². The fraction of sp³-hybridized carbons (Fsp3) is 0.231. The van der Waals surface area contributed by atoms with Gasteiger partial charge in [0.15, 0.2) is 4.80 Å². The van der Waals surface area contributed by atoms with E-state index in [0.717, 1.165) is 0 Å². The molecule has 8 nitrogen and oxygen atoms in total. The Morgan fingerprint density at radius 1 is 1.11 bits per heavy atom. The number of allylic oxidation sites excluding steroid dienone is 1. The number of rotatable bonds is 6. The van der Waals surface area contributed by atoms with Crippen LogP contribution < -0.4 is 19.6 Å². The van der Waals surface area contributed by atoms with Crippen LogP contribution in [0.3, 0.4) is 0 Å². The summed E-state index contributed by atoms with van der Waals surface area (Å²) in [5.74, 6) is -0.898. The maximum atomic E-state index is 13.6. The standard InChI is InChI=1S/C26H24N2O6S/c1-14(2)34-25(32)21-15(3)27-26-28(22(21)17-9-11-19(33-4)12-10-17)23(29)20(35-26)13-16-5-7-18(8-6-16)24(30)31/h5-14,22H,1-4H3,(H,30,31)/b20-13-/t22-/m0/s1. The highest BCUT2D eigenvalue weighted by Gasteiger charge is 2.33. The van der Waals surface area contributed by atoms with Crippen LogP contribution in [0.1, 0.15) is 48.3 Å². The van der Waals surface area contributed by atoms with Crippen LogP contribution in [0, 0.1) is 0 Å². The molecule has 1 aliphatic rings. The number of hydrogen-bond acceptors (Lipinski definition) is 7. The first-order valence-corrected chi connectivity index (χ1v) is 11.7. The summed E-state index contributed by atoms with van der Waals surface area (Å²) in [6.07, 6.45) is 1.35. The van der Waals surface area contributed by atoms with Crippen LogP contribution in [-0.4, -0.2) is 34.8 Å². The van der Waals surface area contributed by atoms with Crippen molar-refractivity contribution < 1.29 is 24.2 Å². The molecule has 0 spiro atoms. The maximum absolute atomic E-state index is 13.6. The van der Waals surface area contributed by atoms with E-state index in [4.69, 9.17) is 14.6 Å². The molecule has 35 heavy (non-hydrogen) atoms. The number of methoxy groups -OCH3 is 1. The first-order valence-electron chi connectivity index (χ1n) is 10.9. The predicted molar refractivity (Wildman–Crippen MR) is 131 cm³/mol. The molecule has 3 aromatic rings. The second-order valence-electron chi connectivity index (χ2n) is 8.24. The Labute approximate surface area is 205 Å². The zero-order chi connectivity index (χ0) is 25.3. The van der Waals surface area contributed by atoms with Crippen molar-refractivity contribution in [2.24, 2.45) is 4.99 Å². The lowest BCUT2D eigenvalue weighted by molar-refractivity contribution is -0.143. The van der Waals surface area contributed by atoms with Gasteiger partial charge in [-0.1, -0.05) is 35.6 Å². The third-order valence-corrected chi connectivity index (χ3v) is 6.45. The Bertz CT molecular complexity index is 1500. The van der Waals surface area contributed by atoms with Crippen LogP contribution in [0.5, 0.6) is 5.75 Å². The van der Waals surface area contributed by atoms with Gasteiger partial charge in [0.05, 0.1) is 40.6 Å². The van der Waals surface area contributed by atoms with Crippen molar-refractivity contribution in [3.63, 3.8) is 0 Å². The number of carboxylic acid groups (broad SMARTS) is 1. The normalized spacial score (nSPS) is 15.6. The molecule has 2 heterocycles. The molecule has 0 unspecified atom stereocenters. The van der Waals surface area contributed by atoms with Gasteiger partial charge in [0, 0.05) is 0 Å². The van der Waals surface area contributed by atoms with Gasteiger partial charge >= 0.3 is 11.9 Å². The molecule has 4 rings (SSSR count). The number of nitrogens with zero attached hydrogens (tertiary/aromatic N) is 2. The Balaban J connectivity index is 1.89. The van der Waals surface area contributed by atoms with Crippen molar-refractivity contribution in [3.05, 3.63) is 96.2 Å². The first kappa shape index (κ1) is 24.2. The van der Waals surface area contributed by atoms with E-state index in [1.54, 1.807) is 58.2 Å². The molecular weight excluding hydrogens is 468 g/mol. The van der Waals surface area contributed by atoms with Gasteiger partial charge in [-0.25, -0.2) is 14.6 Å². The Kier molecular flexibility index (Phi) is 6.70. The minimum Gasteiger partial charge on any atom is -0.497 e. The average Bonchev–Trinajstić information content (AvgIpc) is 3.12. The average molecular weight is 493 g/mol. The number of carbonyl (C=O) groups is 2. The van der Waals surface area contributed by atoms with Crippen molar-refractivity contribution in [2.75, 3.05) is 7.11 Å². The van der Waals surface area contributed by atoms with Crippen molar-refractivity contribution in [2.45, 2.75) is 32.9 Å². The quantitative estimate of drug-likeness (QED) is 0.531. The second kappa shape index (κ2) is 9.71. The van der Waals surface area contributed by atoms with Gasteiger partial charge in [0.25, 0.3) is 5.56 Å². The van der Waals surface area contributed by atoms with E-state index in [1.165, 1.54) is 28.0 Å². The van der Waals surface area contributed by atoms with E-state index in [-0.39, 0.29) is 17.2 Å². The van der Waals surface area contributed by atoms with E-state index in [1.807, 2.05) is 12.1 Å². The molecule has 2 aromatic carbocycles. The molecular formula is C26H24N2O6S.